The predicted molar refractivity (Wildman–Crippen MR) is 116 cm³/mol. The van der Waals surface area contributed by atoms with E-state index >= 15 is 0 Å². The van der Waals surface area contributed by atoms with Gasteiger partial charge in [-0.2, -0.15) is 0 Å². The highest BCUT2D eigenvalue weighted by molar-refractivity contribution is 9.10. The number of pyridine rings is 1. The van der Waals surface area contributed by atoms with E-state index in [1.165, 1.54) is 12.3 Å². The highest BCUT2D eigenvalue weighted by Gasteiger charge is 2.18. The van der Waals surface area contributed by atoms with E-state index in [4.69, 9.17) is 10.5 Å². The van der Waals surface area contributed by atoms with E-state index in [0.29, 0.717) is 22.6 Å². The summed E-state index contributed by atoms with van der Waals surface area (Å²) in [4.78, 5) is 34.8. The van der Waals surface area contributed by atoms with Gasteiger partial charge in [0.2, 0.25) is 5.91 Å². The zero-order chi connectivity index (χ0) is 23.3. The molecule has 0 aliphatic heterocycles. The average molecular weight is 508 g/mol. The first-order valence-corrected chi connectivity index (χ1v) is 10.3. The Morgan fingerprint density at radius 1 is 1.25 bits per heavy atom. The Labute approximate surface area is 190 Å². The molecule has 168 valence electrons. The number of nitrogens with two attached hydrogens (primary N) is 1. The van der Waals surface area contributed by atoms with Gasteiger partial charge < -0.3 is 20.8 Å². The Morgan fingerprint density at radius 3 is 2.62 bits per heavy atom. The number of aromatic nitrogens is 3. The van der Waals surface area contributed by atoms with Gasteiger partial charge >= 0.3 is 0 Å². The first-order chi connectivity index (χ1) is 15.3. The van der Waals surface area contributed by atoms with Crippen LogP contribution in [0.25, 0.3) is 0 Å². The minimum atomic E-state index is -0.743. The van der Waals surface area contributed by atoms with Crippen LogP contribution in [0.2, 0.25) is 0 Å². The van der Waals surface area contributed by atoms with Gasteiger partial charge in [-0.15, -0.1) is 0 Å². The molecule has 0 bridgehead atoms. The maximum Gasteiger partial charge on any atom is 0.266 e. The van der Waals surface area contributed by atoms with Gasteiger partial charge in [-0.05, 0) is 35.0 Å². The number of aromatic amines is 1. The summed E-state index contributed by atoms with van der Waals surface area (Å²) in [7, 11) is 0. The first-order valence-electron chi connectivity index (χ1n) is 9.53. The third kappa shape index (κ3) is 5.74. The van der Waals surface area contributed by atoms with Crippen LogP contribution in [-0.2, 0) is 24.4 Å². The fraction of sp³-hybridized carbons (Fsp3) is 0.238. The van der Waals surface area contributed by atoms with Crippen LogP contribution in [0.1, 0.15) is 28.2 Å². The van der Waals surface area contributed by atoms with Gasteiger partial charge in [0.1, 0.15) is 28.5 Å². The highest BCUT2D eigenvalue weighted by atomic mass is 79.9. The number of rotatable bonds is 8. The Balaban J connectivity index is 1.82. The van der Waals surface area contributed by atoms with Crippen molar-refractivity contribution in [3.8, 4) is 5.75 Å². The summed E-state index contributed by atoms with van der Waals surface area (Å²) in [5, 5.41) is 2.60. The molecule has 4 N–H and O–H groups in total. The second kappa shape index (κ2) is 10.4. The van der Waals surface area contributed by atoms with Gasteiger partial charge in [-0.1, -0.05) is 0 Å². The number of nitrogens with zero attached hydrogens (tertiary/aromatic N) is 2. The van der Waals surface area contributed by atoms with Crippen molar-refractivity contribution in [3.05, 3.63) is 85.3 Å². The zero-order valence-corrected chi connectivity index (χ0v) is 18.6. The van der Waals surface area contributed by atoms with Crippen LogP contribution in [0.4, 0.5) is 8.78 Å². The number of H-pyrrole nitrogens is 1. The number of hydrogen-bond acceptors (Lipinski definition) is 6. The van der Waals surface area contributed by atoms with Crippen LogP contribution in [0.5, 0.6) is 5.75 Å². The molecular weight excluding hydrogens is 488 g/mol. The summed E-state index contributed by atoms with van der Waals surface area (Å²) >= 11 is 3.23. The quantitative estimate of drug-likeness (QED) is 0.429. The molecule has 0 saturated carbocycles. The molecule has 0 aliphatic rings. The van der Waals surface area contributed by atoms with Crippen LogP contribution >= 0.6 is 15.9 Å². The number of benzene rings is 1. The van der Waals surface area contributed by atoms with Crippen molar-refractivity contribution in [1.29, 1.82) is 0 Å². The minimum Gasteiger partial charge on any atom is -0.487 e. The van der Waals surface area contributed by atoms with Crippen molar-refractivity contribution in [3.63, 3.8) is 0 Å². The molecule has 0 fully saturated rings. The molecule has 2 heterocycles. The van der Waals surface area contributed by atoms with Crippen LogP contribution in [0, 0.1) is 18.6 Å². The Hall–Kier alpha value is -3.18. The molecule has 3 aromatic rings. The lowest BCUT2D eigenvalue weighted by Gasteiger charge is -2.15. The molecule has 0 unspecified atom stereocenters. The molecule has 11 heteroatoms. The van der Waals surface area contributed by atoms with Crippen molar-refractivity contribution in [1.82, 2.24) is 20.3 Å². The number of aryl methyl sites for hydroxylation is 1. The molecular formula is C21H20BrF2N5O3. The third-order valence-corrected chi connectivity index (χ3v) is 5.30. The molecule has 1 amide bonds. The SMILES string of the molecule is Cc1[nH]c(=O)c(Br)c(OCc2ccc(F)cc2F)c1Cc1cnc(CNC(=O)CN)cn1. The van der Waals surface area contributed by atoms with Gasteiger partial charge in [0.25, 0.3) is 5.56 Å². The number of ether oxygens (including phenoxy) is 1. The number of amides is 1. The number of carbonyl (C=O) groups excluding carboxylic acids is 1. The van der Waals surface area contributed by atoms with Gasteiger partial charge in [0.05, 0.1) is 30.7 Å². The second-order valence-corrected chi connectivity index (χ2v) is 7.67. The van der Waals surface area contributed by atoms with Crippen LogP contribution < -0.4 is 21.3 Å². The summed E-state index contributed by atoms with van der Waals surface area (Å²) in [6.45, 7) is 1.59. The second-order valence-electron chi connectivity index (χ2n) is 6.88. The predicted octanol–water partition coefficient (Wildman–Crippen LogP) is 2.26. The van der Waals surface area contributed by atoms with Gasteiger partial charge in [-0.25, -0.2) is 8.78 Å². The monoisotopic (exact) mass is 507 g/mol. The molecule has 1 aromatic carbocycles. The summed E-state index contributed by atoms with van der Waals surface area (Å²) in [6.07, 6.45) is 3.34. The van der Waals surface area contributed by atoms with Gasteiger partial charge in [0, 0.05) is 35.5 Å². The van der Waals surface area contributed by atoms with Crippen molar-refractivity contribution >= 4 is 21.8 Å². The number of hydrogen-bond donors (Lipinski definition) is 3. The maximum atomic E-state index is 14.0. The Kier molecular flexibility index (Phi) is 7.65. The van der Waals surface area contributed by atoms with E-state index in [-0.39, 0.29) is 47.8 Å². The van der Waals surface area contributed by atoms with E-state index in [1.807, 2.05) is 0 Å². The highest BCUT2D eigenvalue weighted by Crippen LogP contribution is 2.30. The first kappa shape index (κ1) is 23.5. The van der Waals surface area contributed by atoms with Crippen LogP contribution in [0.15, 0.2) is 39.9 Å². The largest absolute Gasteiger partial charge is 0.487 e. The van der Waals surface area contributed by atoms with Gasteiger partial charge in [0.15, 0.2) is 0 Å². The lowest BCUT2D eigenvalue weighted by atomic mass is 10.1. The van der Waals surface area contributed by atoms with E-state index in [0.717, 1.165) is 12.1 Å². The summed E-state index contributed by atoms with van der Waals surface area (Å²) < 4.78 is 33.1. The van der Waals surface area contributed by atoms with Crippen molar-refractivity contribution in [2.24, 2.45) is 5.73 Å². The molecule has 0 atom stereocenters. The van der Waals surface area contributed by atoms with E-state index in [2.05, 4.69) is 36.2 Å². The van der Waals surface area contributed by atoms with Gasteiger partial charge in [-0.3, -0.25) is 19.6 Å². The summed E-state index contributed by atoms with van der Waals surface area (Å²) in [6, 6.07) is 3.19. The molecule has 32 heavy (non-hydrogen) atoms. The lowest BCUT2D eigenvalue weighted by molar-refractivity contribution is -0.119. The molecule has 3 rings (SSSR count). The van der Waals surface area contributed by atoms with E-state index in [1.54, 1.807) is 13.1 Å². The molecule has 8 nitrogen and oxygen atoms in total. The molecule has 0 radical (unpaired) electrons. The topological polar surface area (TPSA) is 123 Å². The zero-order valence-electron chi connectivity index (χ0n) is 17.0. The Bertz CT molecular complexity index is 1190. The maximum absolute atomic E-state index is 14.0. The molecule has 0 spiro atoms. The number of carbonyl (C=O) groups is 1. The number of nitrogens with one attached hydrogen (secondary N) is 2. The summed E-state index contributed by atoms with van der Waals surface area (Å²) in [5.41, 5.74) is 7.30. The fourth-order valence-electron chi connectivity index (χ4n) is 2.87. The smallest absolute Gasteiger partial charge is 0.266 e. The molecule has 2 aromatic heterocycles. The number of halogens is 3. The van der Waals surface area contributed by atoms with Crippen LogP contribution in [0.3, 0.4) is 0 Å². The van der Waals surface area contributed by atoms with Crippen molar-refractivity contribution in [2.75, 3.05) is 6.54 Å². The standard InChI is InChI=1S/C21H20BrF2N5O3/c1-11-16(5-14-7-27-15(8-26-14)9-28-18(30)6-25)20(19(22)21(31)29-11)32-10-12-2-3-13(23)4-17(12)24/h2-4,7-8H,5-6,9-10,25H2,1H3,(H,28,30)(H,29,31). The van der Waals surface area contributed by atoms with Crippen molar-refractivity contribution in [2.45, 2.75) is 26.5 Å². The van der Waals surface area contributed by atoms with Crippen molar-refractivity contribution < 1.29 is 18.3 Å². The molecule has 0 saturated heterocycles. The molecule has 0 aliphatic carbocycles. The average Bonchev–Trinajstić information content (AvgIpc) is 2.77. The van der Waals surface area contributed by atoms with E-state index < -0.39 is 17.2 Å². The third-order valence-electron chi connectivity index (χ3n) is 4.58. The van der Waals surface area contributed by atoms with E-state index in [9.17, 15) is 18.4 Å². The normalized spacial score (nSPS) is 10.8. The summed E-state index contributed by atoms with van der Waals surface area (Å²) in [5.74, 6) is -1.50. The lowest BCUT2D eigenvalue weighted by Crippen LogP contribution is -2.30. The Morgan fingerprint density at radius 2 is 1.97 bits per heavy atom. The fourth-order valence-corrected chi connectivity index (χ4v) is 3.32. The van der Waals surface area contributed by atoms with Crippen LogP contribution in [-0.4, -0.2) is 27.4 Å². The minimum absolute atomic E-state index is 0.115.